The van der Waals surface area contributed by atoms with Crippen molar-refractivity contribution in [2.24, 2.45) is 62.7 Å². The summed E-state index contributed by atoms with van der Waals surface area (Å²) in [6, 6.07) is 42.7. The number of aromatic nitrogens is 4. The number of benzene rings is 4. The van der Waals surface area contributed by atoms with Crippen LogP contribution in [0.3, 0.4) is 0 Å². The number of fused-ring (bicyclic) bond motifs is 21. The number of rotatable bonds is 2. The van der Waals surface area contributed by atoms with E-state index in [1.807, 2.05) is 45.3 Å². The molecule has 0 amide bonds. The van der Waals surface area contributed by atoms with Gasteiger partial charge in [-0.15, -0.1) is 45.3 Å². The van der Waals surface area contributed by atoms with E-state index in [1.165, 1.54) is 168 Å². The second-order valence-corrected chi connectivity index (χ2v) is 41.5. The van der Waals surface area contributed by atoms with Gasteiger partial charge in [0.05, 0.1) is 87.2 Å². The zero-order chi connectivity index (χ0) is 75.7. The van der Waals surface area contributed by atoms with Crippen LogP contribution in [-0.4, -0.2) is 18.3 Å². The number of anilines is 4. The van der Waals surface area contributed by atoms with Gasteiger partial charge < -0.3 is 37.9 Å². The van der Waals surface area contributed by atoms with Crippen LogP contribution < -0.4 is 19.6 Å². The minimum absolute atomic E-state index is 0.0469. The molecule has 4 aromatic carbocycles. The number of aryl methyl sites for hydroxylation is 8. The largest absolute Gasteiger partial charge is 0.353 e. The van der Waals surface area contributed by atoms with Crippen molar-refractivity contribution in [3.05, 3.63) is 209 Å². The molecule has 11 aliphatic rings. The first-order valence-electron chi connectivity index (χ1n) is 41.1. The fraction of sp³-hybridized carbons (Fsp3) is 0.500. The Morgan fingerprint density at radius 1 is 0.343 bits per heavy atom. The molecular formula is C96H116N8S4. The lowest BCUT2D eigenvalue weighted by Crippen LogP contribution is -2.62. The van der Waals surface area contributed by atoms with Crippen molar-refractivity contribution in [1.82, 2.24) is 18.3 Å². The summed E-state index contributed by atoms with van der Waals surface area (Å²) >= 11 is 7.74. The van der Waals surface area contributed by atoms with Crippen LogP contribution in [0.25, 0.3) is 40.9 Å². The van der Waals surface area contributed by atoms with E-state index in [1.54, 1.807) is 38.3 Å². The van der Waals surface area contributed by atoms with E-state index in [0.29, 0.717) is 24.2 Å². The van der Waals surface area contributed by atoms with E-state index in [2.05, 4.69) is 321 Å². The Bertz CT molecular complexity index is 5440. The molecule has 12 heteroatoms. The van der Waals surface area contributed by atoms with Crippen LogP contribution in [-0.2, 0) is 61.2 Å². The molecule has 4 bridgehead atoms. The Morgan fingerprint density at radius 3 is 1.08 bits per heavy atom. The smallest absolute Gasteiger partial charge is 0.0749 e. The van der Waals surface area contributed by atoms with Crippen molar-refractivity contribution in [3.63, 3.8) is 0 Å². The lowest BCUT2D eigenvalue weighted by Gasteiger charge is -2.64. The molecule has 5 saturated carbocycles. The molecule has 5 fully saturated rings. The molecule has 5 aliphatic carbocycles. The van der Waals surface area contributed by atoms with E-state index in [-0.39, 0.29) is 43.8 Å². The molecule has 6 aliphatic heterocycles. The van der Waals surface area contributed by atoms with Gasteiger partial charge >= 0.3 is 0 Å². The first kappa shape index (κ1) is 71.4. The third-order valence-electron chi connectivity index (χ3n) is 32.9. The van der Waals surface area contributed by atoms with Gasteiger partial charge in [0.1, 0.15) is 0 Å². The predicted molar refractivity (Wildman–Crippen MR) is 463 cm³/mol. The maximum absolute atomic E-state index is 2.93. The maximum atomic E-state index is 2.93. The van der Waals surface area contributed by atoms with Gasteiger partial charge in [0, 0.05) is 107 Å². The summed E-state index contributed by atoms with van der Waals surface area (Å²) in [4.78, 5) is 11.2. The molecular weight excluding hydrogens is 1390 g/mol. The van der Waals surface area contributed by atoms with Crippen molar-refractivity contribution < 1.29 is 0 Å². The summed E-state index contributed by atoms with van der Waals surface area (Å²) in [5, 5.41) is 9.09. The number of nitrogens with zero attached hydrogens (tertiary/aromatic N) is 8. The fourth-order valence-corrected chi connectivity index (χ4v) is 30.9. The van der Waals surface area contributed by atoms with Crippen LogP contribution in [0.4, 0.5) is 22.7 Å². The molecule has 0 N–H and O–H groups in total. The van der Waals surface area contributed by atoms with Crippen molar-refractivity contribution in [3.8, 4) is 0 Å². The van der Waals surface area contributed by atoms with Gasteiger partial charge in [-0.05, 0) is 240 Å². The minimum Gasteiger partial charge on any atom is -0.353 e. The average molecular weight is 1510 g/mol. The van der Waals surface area contributed by atoms with Crippen LogP contribution in [0.1, 0.15) is 264 Å². The zero-order valence-electron chi connectivity index (χ0n) is 68.6. The van der Waals surface area contributed by atoms with Gasteiger partial charge in [-0.25, -0.2) is 0 Å². The summed E-state index contributed by atoms with van der Waals surface area (Å²) in [6.45, 7) is 43.6. The summed E-state index contributed by atoms with van der Waals surface area (Å²) in [5.41, 5.74) is 33.3. The van der Waals surface area contributed by atoms with E-state index < -0.39 is 0 Å². The topological polar surface area (TPSA) is 32.7 Å². The SMILES string of the molecule is Cc1cccc2c1N1C(C)c3c(c4sccc4n3C)C1(C)C(C)(C)C2(C)C.Cc1cccc2c1N1C(C)c3c(c4sccc4n3C)C1(C)C(C)(C)C2(C)C.Cc1ccccc1N1C(C)c2c(c3sccc3n2C)C12C1CC3CC(C1)CC2C3.Cc1ccccc1N1C(C)c2c(c3sccc3n2C)C12CCCCC2. The summed E-state index contributed by atoms with van der Waals surface area (Å²) in [5.74, 6) is 3.61. The lowest BCUT2D eigenvalue weighted by molar-refractivity contribution is -0.0595. The quantitative estimate of drug-likeness (QED) is 0.173. The Kier molecular flexibility index (Phi) is 15.7. The minimum atomic E-state index is -0.0469. The molecule has 12 aromatic rings. The van der Waals surface area contributed by atoms with Gasteiger partial charge in [-0.3, -0.25) is 0 Å². The van der Waals surface area contributed by atoms with Crippen LogP contribution >= 0.6 is 45.3 Å². The monoisotopic (exact) mass is 1510 g/mol. The molecule has 6 atom stereocenters. The van der Waals surface area contributed by atoms with E-state index in [4.69, 9.17) is 0 Å². The lowest BCUT2D eigenvalue weighted by atomic mass is 9.47. The number of thiophene rings is 4. The van der Waals surface area contributed by atoms with E-state index >= 15 is 0 Å². The highest BCUT2D eigenvalue weighted by atomic mass is 32.1. The van der Waals surface area contributed by atoms with Gasteiger partial charge in [0.15, 0.2) is 0 Å². The van der Waals surface area contributed by atoms with E-state index in [9.17, 15) is 0 Å². The Labute approximate surface area is 659 Å². The van der Waals surface area contributed by atoms with Crippen molar-refractivity contribution in [2.75, 3.05) is 19.6 Å². The second-order valence-electron chi connectivity index (χ2n) is 37.9. The van der Waals surface area contributed by atoms with Gasteiger partial charge in [0.2, 0.25) is 0 Å². The average Bonchev–Trinajstić information content (AvgIpc) is 1.30. The molecule has 23 rings (SSSR count). The Morgan fingerprint density at radius 2 is 0.676 bits per heavy atom. The molecule has 0 radical (unpaired) electrons. The first-order chi connectivity index (χ1) is 51.4. The van der Waals surface area contributed by atoms with Crippen molar-refractivity contribution in [2.45, 2.75) is 246 Å². The highest BCUT2D eigenvalue weighted by Crippen LogP contribution is 2.74. The fourth-order valence-electron chi connectivity index (χ4n) is 26.6. The van der Waals surface area contributed by atoms with Crippen molar-refractivity contribution >= 4 is 109 Å². The molecule has 0 saturated heterocycles. The Balaban J connectivity index is 0.0000000981. The van der Waals surface area contributed by atoms with Crippen LogP contribution in [0.15, 0.2) is 131 Å². The normalized spacial score (nSPS) is 28.9. The van der Waals surface area contributed by atoms with Gasteiger partial charge in [-0.2, -0.15) is 0 Å². The molecule has 108 heavy (non-hydrogen) atoms. The highest BCUT2D eigenvalue weighted by Gasteiger charge is 2.69. The second kappa shape index (κ2) is 23.8. The molecule has 6 unspecified atom stereocenters. The van der Waals surface area contributed by atoms with Crippen LogP contribution in [0.5, 0.6) is 0 Å². The van der Waals surface area contributed by atoms with Gasteiger partial charge in [0.25, 0.3) is 0 Å². The van der Waals surface area contributed by atoms with Crippen LogP contribution in [0.2, 0.25) is 0 Å². The summed E-state index contributed by atoms with van der Waals surface area (Å²) < 4.78 is 16.0. The number of hydrogen-bond donors (Lipinski definition) is 0. The van der Waals surface area contributed by atoms with Gasteiger partial charge in [-0.1, -0.05) is 147 Å². The van der Waals surface area contributed by atoms with Crippen molar-refractivity contribution in [1.29, 1.82) is 0 Å². The third-order valence-corrected chi connectivity index (χ3v) is 36.6. The molecule has 8 aromatic heterocycles. The molecule has 14 heterocycles. The summed E-state index contributed by atoms with van der Waals surface area (Å²) in [7, 11) is 9.09. The Hall–Kier alpha value is -6.96. The molecule has 564 valence electrons. The zero-order valence-corrected chi connectivity index (χ0v) is 71.9. The van der Waals surface area contributed by atoms with Crippen LogP contribution in [0, 0.1) is 62.2 Å². The third kappa shape index (κ3) is 8.58. The molecule has 2 spiro atoms. The highest BCUT2D eigenvalue weighted by molar-refractivity contribution is 7.18. The number of para-hydroxylation sites is 4. The molecule has 8 nitrogen and oxygen atoms in total. The predicted octanol–water partition coefficient (Wildman–Crippen LogP) is 26.4. The maximum Gasteiger partial charge on any atom is 0.0749 e. The standard InChI is InChI=1S/C26H30N2S.2C24H30N2S.C22H26N2S/c1-15-6-4-5-7-21(15)28-16(2)24-23(25-22(27(24)3)8-9-29-25)26(28)19-11-17-10-18(13-19)14-20(26)12-17;2*1-14-10-9-11-16-19(14)26-15(2)20-18(21-17(25(20)8)12-13-27-21)24(26,7)23(5,6)22(16,3)4;1-15-9-5-6-10-17(15)24-16(2)20-19(22(24)12-7-4-8-13-22)21-18(23(20)3)11-14-25-21/h4-9,16-20H,10-14H2,1-3H3;2*9-13,15H,1-8H3;5-6,9-11,14,16H,4,7-8,12-13H2,1-3H3. The number of hydrogen-bond acceptors (Lipinski definition) is 8. The van der Waals surface area contributed by atoms with E-state index in [0.717, 1.165) is 23.7 Å². The summed E-state index contributed by atoms with van der Waals surface area (Å²) in [6.07, 6.45) is 13.9. The first-order valence-corrected chi connectivity index (χ1v) is 44.6.